The summed E-state index contributed by atoms with van der Waals surface area (Å²) < 4.78 is 5.42. The van der Waals surface area contributed by atoms with E-state index < -0.39 is 0 Å². The van der Waals surface area contributed by atoms with Crippen LogP contribution in [0.4, 0.5) is 5.69 Å². The maximum absolute atomic E-state index is 12.0. The van der Waals surface area contributed by atoms with Crippen molar-refractivity contribution in [1.29, 1.82) is 0 Å². The number of rotatable bonds is 5. The Kier molecular flexibility index (Phi) is 5.60. The van der Waals surface area contributed by atoms with Gasteiger partial charge in [-0.1, -0.05) is 28.9 Å². The average Bonchev–Trinajstić information content (AvgIpc) is 2.51. The number of hydrogen-bond acceptors (Lipinski definition) is 4. The highest BCUT2D eigenvalue weighted by atomic mass is 35.5. The molecule has 5 nitrogen and oxygen atoms in total. The molecule has 0 saturated heterocycles. The molecule has 6 heteroatoms. The smallest absolute Gasteiger partial charge is 0.262 e. The van der Waals surface area contributed by atoms with E-state index in [1.165, 1.54) is 6.21 Å². The molecule has 1 amide bonds. The number of halogens is 1. The number of oxime groups is 1. The number of amides is 1. The number of aryl methyl sites for hydroxylation is 1. The Morgan fingerprint density at radius 3 is 2.83 bits per heavy atom. The first-order chi connectivity index (χ1) is 11.0. The van der Waals surface area contributed by atoms with Crippen molar-refractivity contribution in [2.24, 2.45) is 5.16 Å². The van der Waals surface area contributed by atoms with Gasteiger partial charge in [0.1, 0.15) is 5.75 Å². The van der Waals surface area contributed by atoms with E-state index >= 15 is 0 Å². The molecule has 0 radical (unpaired) electrons. The Morgan fingerprint density at radius 2 is 2.13 bits per heavy atom. The van der Waals surface area contributed by atoms with Crippen molar-refractivity contribution in [3.63, 3.8) is 0 Å². The van der Waals surface area contributed by atoms with Gasteiger partial charge in [0.15, 0.2) is 6.61 Å². The molecule has 23 heavy (non-hydrogen) atoms. The maximum Gasteiger partial charge on any atom is 0.262 e. The van der Waals surface area contributed by atoms with Crippen LogP contribution in [0.15, 0.2) is 41.6 Å². The summed E-state index contributed by atoms with van der Waals surface area (Å²) in [5, 5.41) is 14.6. The summed E-state index contributed by atoms with van der Waals surface area (Å²) in [5.74, 6) is 0.119. The molecule has 0 aromatic heterocycles. The summed E-state index contributed by atoms with van der Waals surface area (Å²) in [5.41, 5.74) is 3.52. The fourth-order valence-corrected chi connectivity index (χ4v) is 2.24. The molecule has 120 valence electrons. The van der Waals surface area contributed by atoms with Gasteiger partial charge in [-0.3, -0.25) is 4.79 Å². The summed E-state index contributed by atoms with van der Waals surface area (Å²) in [6, 6.07) is 10.6. The number of nitrogens with zero attached hydrogens (tertiary/aromatic N) is 1. The standard InChI is InChI=1S/C17H17ClN2O3/c1-11-4-3-5-15(12(11)2)20-17(21)10-23-16-7-6-13(9-19-22)8-14(16)18/h3-9,22H,10H2,1-2H3,(H,20,21)/b19-9+. The van der Waals surface area contributed by atoms with Gasteiger partial charge in [0.05, 0.1) is 11.2 Å². The normalized spacial score (nSPS) is 10.7. The number of carbonyl (C=O) groups excluding carboxylic acids is 1. The Bertz CT molecular complexity index is 745. The summed E-state index contributed by atoms with van der Waals surface area (Å²) in [6.07, 6.45) is 1.25. The van der Waals surface area contributed by atoms with Gasteiger partial charge < -0.3 is 15.3 Å². The lowest BCUT2D eigenvalue weighted by molar-refractivity contribution is -0.118. The molecule has 2 N–H and O–H groups in total. The van der Waals surface area contributed by atoms with Gasteiger partial charge in [-0.2, -0.15) is 0 Å². The minimum absolute atomic E-state index is 0.152. The number of ether oxygens (including phenoxy) is 1. The van der Waals surface area contributed by atoms with Crippen LogP contribution in [-0.4, -0.2) is 23.9 Å². The van der Waals surface area contributed by atoms with E-state index in [4.69, 9.17) is 21.5 Å². The average molecular weight is 333 g/mol. The fraction of sp³-hybridized carbons (Fsp3) is 0.176. The van der Waals surface area contributed by atoms with Crippen LogP contribution in [0.3, 0.4) is 0 Å². The second-order valence-corrected chi connectivity index (χ2v) is 5.43. The summed E-state index contributed by atoms with van der Waals surface area (Å²) in [7, 11) is 0. The van der Waals surface area contributed by atoms with E-state index in [1.807, 2.05) is 32.0 Å². The molecule has 0 bridgehead atoms. The second-order valence-electron chi connectivity index (χ2n) is 5.02. The van der Waals surface area contributed by atoms with Crippen LogP contribution in [0.25, 0.3) is 0 Å². The van der Waals surface area contributed by atoms with E-state index in [1.54, 1.807) is 18.2 Å². The van der Waals surface area contributed by atoms with E-state index in [0.717, 1.165) is 16.8 Å². The number of benzene rings is 2. The third-order valence-electron chi connectivity index (χ3n) is 3.40. The van der Waals surface area contributed by atoms with Crippen LogP contribution in [-0.2, 0) is 4.79 Å². The van der Waals surface area contributed by atoms with Gasteiger partial charge in [-0.15, -0.1) is 0 Å². The molecular formula is C17H17ClN2O3. The first kappa shape index (κ1) is 16.8. The van der Waals surface area contributed by atoms with Crippen LogP contribution >= 0.6 is 11.6 Å². The molecule has 0 unspecified atom stereocenters. The highest BCUT2D eigenvalue weighted by Crippen LogP contribution is 2.25. The van der Waals surface area contributed by atoms with Crippen molar-refractivity contribution in [3.05, 3.63) is 58.1 Å². The number of nitrogens with one attached hydrogen (secondary N) is 1. The van der Waals surface area contributed by atoms with Crippen molar-refractivity contribution >= 4 is 29.4 Å². The molecule has 2 aromatic rings. The summed E-state index contributed by atoms with van der Waals surface area (Å²) >= 11 is 6.05. The Balaban J connectivity index is 1.98. The minimum atomic E-state index is -0.268. The van der Waals surface area contributed by atoms with E-state index in [2.05, 4.69) is 10.5 Å². The second kappa shape index (κ2) is 7.65. The first-order valence-corrected chi connectivity index (χ1v) is 7.35. The quantitative estimate of drug-likeness (QED) is 0.497. The minimum Gasteiger partial charge on any atom is -0.482 e. The van der Waals surface area contributed by atoms with Crippen molar-refractivity contribution in [3.8, 4) is 5.75 Å². The summed E-state index contributed by atoms with van der Waals surface area (Å²) in [6.45, 7) is 3.78. The van der Waals surface area contributed by atoms with Crippen LogP contribution in [0.5, 0.6) is 5.75 Å². The highest BCUT2D eigenvalue weighted by molar-refractivity contribution is 6.32. The van der Waals surface area contributed by atoms with Crippen LogP contribution in [0.1, 0.15) is 16.7 Å². The third kappa shape index (κ3) is 4.47. The molecule has 2 rings (SSSR count). The number of anilines is 1. The highest BCUT2D eigenvalue weighted by Gasteiger charge is 2.09. The largest absolute Gasteiger partial charge is 0.482 e. The predicted octanol–water partition coefficient (Wildman–Crippen LogP) is 3.78. The molecule has 0 saturated carbocycles. The molecule has 0 aliphatic heterocycles. The lowest BCUT2D eigenvalue weighted by Gasteiger charge is -2.12. The lowest BCUT2D eigenvalue weighted by Crippen LogP contribution is -2.20. The lowest BCUT2D eigenvalue weighted by atomic mass is 10.1. The van der Waals surface area contributed by atoms with Gasteiger partial charge in [0, 0.05) is 5.69 Å². The third-order valence-corrected chi connectivity index (χ3v) is 3.70. The van der Waals surface area contributed by atoms with Crippen molar-refractivity contribution in [2.45, 2.75) is 13.8 Å². The zero-order valence-electron chi connectivity index (χ0n) is 12.8. The molecule has 0 atom stereocenters. The van der Waals surface area contributed by atoms with Crippen molar-refractivity contribution in [1.82, 2.24) is 0 Å². The predicted molar refractivity (Wildman–Crippen MR) is 90.9 cm³/mol. The van der Waals surface area contributed by atoms with Crippen LogP contribution in [0.2, 0.25) is 5.02 Å². The molecule has 0 fully saturated rings. The van der Waals surface area contributed by atoms with E-state index in [-0.39, 0.29) is 12.5 Å². The summed E-state index contributed by atoms with van der Waals surface area (Å²) in [4.78, 5) is 12.0. The fourth-order valence-electron chi connectivity index (χ4n) is 2.00. The van der Waals surface area contributed by atoms with Gasteiger partial charge in [-0.05, 0) is 54.8 Å². The number of hydrogen-bond donors (Lipinski definition) is 2. The topological polar surface area (TPSA) is 70.9 Å². The van der Waals surface area contributed by atoms with Crippen LogP contribution < -0.4 is 10.1 Å². The Labute approximate surface area is 139 Å². The number of carbonyl (C=O) groups is 1. The SMILES string of the molecule is Cc1cccc(NC(=O)COc2ccc(/C=N/O)cc2Cl)c1C. The van der Waals surface area contributed by atoms with E-state index in [0.29, 0.717) is 16.3 Å². The van der Waals surface area contributed by atoms with E-state index in [9.17, 15) is 4.79 Å². The molecule has 2 aromatic carbocycles. The zero-order chi connectivity index (χ0) is 16.8. The van der Waals surface area contributed by atoms with Gasteiger partial charge >= 0.3 is 0 Å². The van der Waals surface area contributed by atoms with Crippen molar-refractivity contribution < 1.29 is 14.7 Å². The van der Waals surface area contributed by atoms with Gasteiger partial charge in [0.2, 0.25) is 0 Å². The van der Waals surface area contributed by atoms with Crippen molar-refractivity contribution in [2.75, 3.05) is 11.9 Å². The molecule has 0 spiro atoms. The Hall–Kier alpha value is -2.53. The zero-order valence-corrected chi connectivity index (χ0v) is 13.6. The molecule has 0 heterocycles. The molecule has 0 aliphatic rings. The molecular weight excluding hydrogens is 316 g/mol. The first-order valence-electron chi connectivity index (χ1n) is 6.97. The van der Waals surface area contributed by atoms with Gasteiger partial charge in [0.25, 0.3) is 5.91 Å². The molecule has 0 aliphatic carbocycles. The van der Waals surface area contributed by atoms with Gasteiger partial charge in [-0.25, -0.2) is 0 Å². The Morgan fingerprint density at radius 1 is 1.35 bits per heavy atom. The maximum atomic E-state index is 12.0. The van der Waals surface area contributed by atoms with Crippen LogP contribution in [0, 0.1) is 13.8 Å². The monoisotopic (exact) mass is 332 g/mol.